The van der Waals surface area contributed by atoms with E-state index in [1.807, 2.05) is 12.2 Å². The van der Waals surface area contributed by atoms with E-state index < -0.39 is 23.6 Å². The highest BCUT2D eigenvalue weighted by atomic mass is 16.6. The highest BCUT2D eigenvalue weighted by Gasteiger charge is 2.58. The summed E-state index contributed by atoms with van der Waals surface area (Å²) in [6.45, 7) is 8.44. The monoisotopic (exact) mass is 595 g/mol. The van der Waals surface area contributed by atoms with E-state index in [4.69, 9.17) is 19.6 Å². The van der Waals surface area contributed by atoms with Crippen molar-refractivity contribution >= 4 is 11.7 Å². The number of allylic oxidation sites excluding steroid dienone is 4. The zero-order chi connectivity index (χ0) is 30.7. The second-order valence-electron chi connectivity index (χ2n) is 14.2. The molecular weight excluding hydrogens is 542 g/mol. The standard InChI is InChI=1S/C36H53NO6/c1-22-9-8-12-27-21-41-34-32(37)25(4)18-31(36(27,34)40)35(39)43-30-19-28(15-13-23(2)17-22)42-29(20-30)16-14-24(3)33(38)26-10-6-5-7-11-26/h8-9,12-13,18,22,24,26,28-31,33-34,37-38,40H,5-7,10-11,14-17,19-21H2,1-4H3/b9-8+,23-13+,27-12+,37-32?/t22-,24-,28+,29?,30?,31?,33?,34+,36+/m0/s1. The fraction of sp³-hybridized carbons (Fsp3) is 0.722. The Labute approximate surface area is 258 Å². The summed E-state index contributed by atoms with van der Waals surface area (Å²) in [4.78, 5) is 13.9. The van der Waals surface area contributed by atoms with Crippen LogP contribution in [-0.2, 0) is 19.0 Å². The maximum atomic E-state index is 13.9. The van der Waals surface area contributed by atoms with Gasteiger partial charge < -0.3 is 29.8 Å². The molecule has 0 aromatic carbocycles. The van der Waals surface area contributed by atoms with E-state index in [0.717, 1.165) is 38.5 Å². The number of fused-ring (bicyclic) bond motifs is 2. The predicted octanol–water partition coefficient (Wildman–Crippen LogP) is 6.39. The van der Waals surface area contributed by atoms with Gasteiger partial charge in [-0.1, -0.05) is 69.1 Å². The molecule has 9 atom stereocenters. The molecule has 7 heteroatoms. The van der Waals surface area contributed by atoms with E-state index in [1.54, 1.807) is 13.0 Å². The van der Waals surface area contributed by atoms with Crippen LogP contribution in [0.15, 0.2) is 47.1 Å². The van der Waals surface area contributed by atoms with Crippen molar-refractivity contribution in [2.24, 2.45) is 23.7 Å². The third-order valence-electron chi connectivity index (χ3n) is 10.6. The van der Waals surface area contributed by atoms with Crippen LogP contribution in [-0.4, -0.2) is 64.6 Å². The van der Waals surface area contributed by atoms with Gasteiger partial charge in [0.15, 0.2) is 0 Å². The van der Waals surface area contributed by atoms with Crippen LogP contribution in [0.4, 0.5) is 0 Å². The summed E-state index contributed by atoms with van der Waals surface area (Å²) in [5.74, 6) is -0.536. The van der Waals surface area contributed by atoms with E-state index in [9.17, 15) is 15.0 Å². The maximum Gasteiger partial charge on any atom is 0.316 e. The second-order valence-corrected chi connectivity index (χ2v) is 14.2. The Morgan fingerprint density at radius 3 is 2.67 bits per heavy atom. The van der Waals surface area contributed by atoms with Crippen LogP contribution in [0.25, 0.3) is 0 Å². The number of carbonyl (C=O) groups excluding carboxylic acids is 1. The van der Waals surface area contributed by atoms with Crippen LogP contribution >= 0.6 is 0 Å². The number of nitrogens with one attached hydrogen (secondary N) is 1. The van der Waals surface area contributed by atoms with Crippen molar-refractivity contribution in [3.05, 3.63) is 47.1 Å². The summed E-state index contributed by atoms with van der Waals surface area (Å²) in [6.07, 6.45) is 18.7. The van der Waals surface area contributed by atoms with Gasteiger partial charge in [-0.2, -0.15) is 0 Å². The van der Waals surface area contributed by atoms with E-state index in [1.165, 1.54) is 24.8 Å². The topological polar surface area (TPSA) is 109 Å². The third kappa shape index (κ3) is 7.27. The quantitative estimate of drug-likeness (QED) is 0.251. The molecule has 3 N–H and O–H groups in total. The van der Waals surface area contributed by atoms with Crippen molar-refractivity contribution in [3.8, 4) is 0 Å². The van der Waals surface area contributed by atoms with Gasteiger partial charge in [0.1, 0.15) is 23.7 Å². The highest BCUT2D eigenvalue weighted by Crippen LogP contribution is 2.44. The van der Waals surface area contributed by atoms with Crippen molar-refractivity contribution in [2.45, 2.75) is 134 Å². The van der Waals surface area contributed by atoms with Crippen LogP contribution < -0.4 is 0 Å². The van der Waals surface area contributed by atoms with Crippen LogP contribution in [0.2, 0.25) is 0 Å². The molecule has 0 amide bonds. The summed E-state index contributed by atoms with van der Waals surface area (Å²) in [6, 6.07) is 0. The van der Waals surface area contributed by atoms with Crippen molar-refractivity contribution in [1.82, 2.24) is 0 Å². The molecule has 0 aromatic heterocycles. The fourth-order valence-electron chi connectivity index (χ4n) is 8.00. The zero-order valence-electron chi connectivity index (χ0n) is 26.6. The molecule has 5 aliphatic rings. The minimum Gasteiger partial charge on any atom is -0.462 e. The number of hydrogen-bond donors (Lipinski definition) is 3. The maximum absolute atomic E-state index is 13.9. The molecule has 3 fully saturated rings. The molecule has 5 rings (SSSR count). The van der Waals surface area contributed by atoms with Gasteiger partial charge in [-0.25, -0.2) is 0 Å². The number of aliphatic hydroxyl groups excluding tert-OH is 1. The van der Waals surface area contributed by atoms with Crippen molar-refractivity contribution in [3.63, 3.8) is 0 Å². The number of rotatable bonds is 5. The second kappa shape index (κ2) is 13.9. The average molecular weight is 596 g/mol. The van der Waals surface area contributed by atoms with Gasteiger partial charge in [0.05, 0.1) is 30.6 Å². The molecule has 3 heterocycles. The number of ether oxygens (including phenoxy) is 3. The molecule has 2 saturated heterocycles. The molecule has 1 saturated carbocycles. The average Bonchev–Trinajstić information content (AvgIpc) is 3.33. The smallest absolute Gasteiger partial charge is 0.316 e. The van der Waals surface area contributed by atoms with Crippen molar-refractivity contribution < 1.29 is 29.2 Å². The SMILES string of the molecule is CC1=CC2C(=O)OC3CC(CC[C@H](C)C(O)C4CCCCC4)O[C@H](C/C=C(\C)C[C@@H](C)/C=C/C=C4\CO[C@H](C1=N)[C@@]42O)C3. The van der Waals surface area contributed by atoms with Crippen molar-refractivity contribution in [2.75, 3.05) is 6.61 Å². The number of esters is 1. The molecule has 0 spiro atoms. The Kier molecular flexibility index (Phi) is 10.5. The predicted molar refractivity (Wildman–Crippen MR) is 168 cm³/mol. The summed E-state index contributed by atoms with van der Waals surface area (Å²) in [7, 11) is 0. The first kappa shape index (κ1) is 32.3. The van der Waals surface area contributed by atoms with Gasteiger partial charge in [-0.15, -0.1) is 0 Å². The number of hydrogen-bond acceptors (Lipinski definition) is 7. The van der Waals surface area contributed by atoms with E-state index in [-0.39, 0.29) is 42.7 Å². The highest BCUT2D eigenvalue weighted by molar-refractivity contribution is 6.05. The van der Waals surface area contributed by atoms with Crippen molar-refractivity contribution in [1.29, 1.82) is 5.41 Å². The minimum absolute atomic E-state index is 0.0649. The molecule has 2 aliphatic carbocycles. The van der Waals surface area contributed by atoms with Crippen LogP contribution in [0.5, 0.6) is 0 Å². The number of carbonyl (C=O) groups is 1. The van der Waals surface area contributed by atoms with Gasteiger partial charge in [0.2, 0.25) is 0 Å². The largest absolute Gasteiger partial charge is 0.462 e. The third-order valence-corrected chi connectivity index (χ3v) is 10.6. The zero-order valence-corrected chi connectivity index (χ0v) is 26.6. The molecule has 0 aromatic rings. The lowest BCUT2D eigenvalue weighted by molar-refractivity contribution is -0.172. The van der Waals surface area contributed by atoms with E-state index >= 15 is 0 Å². The van der Waals surface area contributed by atoms with Crippen LogP contribution in [0.3, 0.4) is 0 Å². The summed E-state index contributed by atoms with van der Waals surface area (Å²) in [5.41, 5.74) is 1.08. The number of aliphatic hydroxyl groups is 2. The normalized spacial score (nSPS) is 40.7. The summed E-state index contributed by atoms with van der Waals surface area (Å²) < 4.78 is 18.8. The lowest BCUT2D eigenvalue weighted by Crippen LogP contribution is -2.56. The molecule has 3 aliphatic heterocycles. The van der Waals surface area contributed by atoms with E-state index in [2.05, 4.69) is 32.9 Å². The van der Waals surface area contributed by atoms with Gasteiger partial charge in [-0.05, 0) is 81.3 Å². The molecule has 7 nitrogen and oxygen atoms in total. The molecule has 43 heavy (non-hydrogen) atoms. The summed E-state index contributed by atoms with van der Waals surface area (Å²) >= 11 is 0. The Morgan fingerprint density at radius 2 is 1.91 bits per heavy atom. The van der Waals surface area contributed by atoms with Gasteiger partial charge in [0.25, 0.3) is 0 Å². The first-order valence-electron chi connectivity index (χ1n) is 16.7. The van der Waals surface area contributed by atoms with Crippen LogP contribution in [0, 0.1) is 29.1 Å². The Hall–Kier alpha value is -2.06. The van der Waals surface area contributed by atoms with E-state index in [0.29, 0.717) is 35.8 Å². The molecule has 0 radical (unpaired) electrons. The fourth-order valence-corrected chi connectivity index (χ4v) is 8.00. The first-order valence-corrected chi connectivity index (χ1v) is 16.7. The van der Waals surface area contributed by atoms with Gasteiger partial charge in [0, 0.05) is 12.8 Å². The Bertz CT molecular complexity index is 1150. The van der Waals surface area contributed by atoms with Gasteiger partial charge >= 0.3 is 5.97 Å². The minimum atomic E-state index is -1.65. The Morgan fingerprint density at radius 1 is 1.14 bits per heavy atom. The lowest BCUT2D eigenvalue weighted by atomic mass is 9.71. The molecular formula is C36H53NO6. The van der Waals surface area contributed by atoms with Gasteiger partial charge in [-0.3, -0.25) is 4.79 Å². The Balaban J connectivity index is 1.36. The first-order chi connectivity index (χ1) is 20.6. The molecule has 4 unspecified atom stereocenters. The lowest BCUT2D eigenvalue weighted by Gasteiger charge is -2.40. The molecule has 238 valence electrons. The van der Waals surface area contributed by atoms with Crippen LogP contribution in [0.1, 0.15) is 98.3 Å². The molecule has 2 bridgehead atoms. The summed E-state index contributed by atoms with van der Waals surface area (Å²) in [5, 5.41) is 31.7.